The molecule has 146 valence electrons. The monoisotopic (exact) mass is 393 g/mol. The summed E-state index contributed by atoms with van der Waals surface area (Å²) in [7, 11) is 0. The van der Waals surface area contributed by atoms with Crippen LogP contribution in [0.25, 0.3) is 0 Å². The molecule has 1 N–H and O–H groups in total. The molecule has 0 radical (unpaired) electrons. The Balaban J connectivity index is 1.57. The van der Waals surface area contributed by atoms with Gasteiger partial charge < -0.3 is 14.6 Å². The van der Waals surface area contributed by atoms with E-state index in [-0.39, 0.29) is 18.5 Å². The molecule has 0 aliphatic carbocycles. The maximum Gasteiger partial charge on any atom is 0.127 e. The lowest BCUT2D eigenvalue weighted by molar-refractivity contribution is 0.0310. The first-order chi connectivity index (χ1) is 13.1. The van der Waals surface area contributed by atoms with Gasteiger partial charge in [0, 0.05) is 36.8 Å². The fraction of sp³-hybridized carbons (Fsp3) is 0.429. The number of rotatable bonds is 9. The first-order valence-electron chi connectivity index (χ1n) is 9.24. The Morgan fingerprint density at radius 1 is 1.22 bits per heavy atom. The summed E-state index contributed by atoms with van der Waals surface area (Å²) in [5.41, 5.74) is 0.612. The lowest BCUT2D eigenvalue weighted by Gasteiger charge is -2.27. The number of nitrogens with zero attached hydrogens (tertiary/aromatic N) is 1. The summed E-state index contributed by atoms with van der Waals surface area (Å²) in [5, 5.41) is 11.1. The standard InChI is InChI=1S/C21H25ClFNO3/c22-17-7-9-19(10-8-17)27-15-18(25)13-24(14-20-5-3-11-26-20)12-16-4-1-2-6-21(16)23/h1-2,4,6-10,18,20,25H,3,5,11-15H2. The second kappa shape index (κ2) is 10.0. The Bertz CT molecular complexity index is 707. The van der Waals surface area contributed by atoms with Crippen LogP contribution in [-0.2, 0) is 11.3 Å². The molecule has 1 aliphatic heterocycles. The van der Waals surface area contributed by atoms with E-state index >= 15 is 0 Å². The molecule has 2 atom stereocenters. The van der Waals surface area contributed by atoms with Gasteiger partial charge in [-0.15, -0.1) is 0 Å². The molecule has 6 heteroatoms. The Labute approximate surface area is 164 Å². The summed E-state index contributed by atoms with van der Waals surface area (Å²) in [6.07, 6.45) is 1.46. The molecule has 4 nitrogen and oxygen atoms in total. The van der Waals surface area contributed by atoms with Crippen molar-refractivity contribution in [2.24, 2.45) is 0 Å². The molecule has 1 fully saturated rings. The van der Waals surface area contributed by atoms with Gasteiger partial charge >= 0.3 is 0 Å². The minimum Gasteiger partial charge on any atom is -0.491 e. The summed E-state index contributed by atoms with van der Waals surface area (Å²) in [6, 6.07) is 13.7. The Morgan fingerprint density at radius 3 is 2.70 bits per heavy atom. The van der Waals surface area contributed by atoms with Gasteiger partial charge in [-0.1, -0.05) is 29.8 Å². The third-order valence-corrected chi connectivity index (χ3v) is 4.81. The number of aliphatic hydroxyl groups excluding tert-OH is 1. The zero-order valence-corrected chi connectivity index (χ0v) is 15.9. The fourth-order valence-electron chi connectivity index (χ4n) is 3.22. The van der Waals surface area contributed by atoms with Gasteiger partial charge in [0.05, 0.1) is 6.10 Å². The highest BCUT2D eigenvalue weighted by Crippen LogP contribution is 2.18. The first-order valence-corrected chi connectivity index (χ1v) is 9.62. The summed E-state index contributed by atoms with van der Waals surface area (Å²) < 4.78 is 25.4. The molecular weight excluding hydrogens is 369 g/mol. The molecule has 0 amide bonds. The molecule has 2 aromatic carbocycles. The van der Waals surface area contributed by atoms with E-state index in [0.717, 1.165) is 19.4 Å². The highest BCUT2D eigenvalue weighted by Gasteiger charge is 2.22. The molecule has 3 rings (SSSR count). The Morgan fingerprint density at radius 2 is 2.00 bits per heavy atom. The normalized spacial score (nSPS) is 18.0. The van der Waals surface area contributed by atoms with Gasteiger partial charge in [0.15, 0.2) is 0 Å². The SMILES string of the molecule is OC(COc1ccc(Cl)cc1)CN(Cc1ccccc1F)CC1CCCO1. The quantitative estimate of drug-likeness (QED) is 0.701. The third kappa shape index (κ3) is 6.47. The van der Waals surface area contributed by atoms with Gasteiger partial charge in [-0.3, -0.25) is 4.90 Å². The maximum atomic E-state index is 14.0. The topological polar surface area (TPSA) is 41.9 Å². The summed E-state index contributed by atoms with van der Waals surface area (Å²) in [5.74, 6) is 0.417. The predicted octanol–water partition coefficient (Wildman–Crippen LogP) is 3.90. The van der Waals surface area contributed by atoms with E-state index in [2.05, 4.69) is 0 Å². The highest BCUT2D eigenvalue weighted by molar-refractivity contribution is 6.30. The number of hydrogen-bond acceptors (Lipinski definition) is 4. The zero-order valence-electron chi connectivity index (χ0n) is 15.2. The van der Waals surface area contributed by atoms with Gasteiger partial charge in [-0.05, 0) is 43.2 Å². The molecule has 1 aliphatic rings. The molecular formula is C21H25ClFNO3. The maximum absolute atomic E-state index is 14.0. The van der Waals surface area contributed by atoms with Crippen LogP contribution in [0.1, 0.15) is 18.4 Å². The van der Waals surface area contributed by atoms with Gasteiger partial charge in [-0.25, -0.2) is 4.39 Å². The van der Waals surface area contributed by atoms with Crippen LogP contribution >= 0.6 is 11.6 Å². The third-order valence-electron chi connectivity index (χ3n) is 4.56. The average Bonchev–Trinajstić information content (AvgIpc) is 3.16. The summed E-state index contributed by atoms with van der Waals surface area (Å²) in [6.45, 7) is 2.38. The highest BCUT2D eigenvalue weighted by atomic mass is 35.5. The molecule has 27 heavy (non-hydrogen) atoms. The average molecular weight is 394 g/mol. The number of benzene rings is 2. The largest absolute Gasteiger partial charge is 0.491 e. The van der Waals surface area contributed by atoms with E-state index < -0.39 is 6.10 Å². The van der Waals surface area contributed by atoms with E-state index in [1.807, 2.05) is 11.0 Å². The fourth-order valence-corrected chi connectivity index (χ4v) is 3.35. The zero-order chi connectivity index (χ0) is 19.1. The van der Waals surface area contributed by atoms with Crippen molar-refractivity contribution in [2.45, 2.75) is 31.6 Å². The van der Waals surface area contributed by atoms with Crippen LogP contribution in [-0.4, -0.2) is 48.5 Å². The second-order valence-electron chi connectivity index (χ2n) is 6.84. The predicted molar refractivity (Wildman–Crippen MR) is 104 cm³/mol. The van der Waals surface area contributed by atoms with Crippen molar-refractivity contribution in [3.63, 3.8) is 0 Å². The Hall–Kier alpha value is -1.66. The lowest BCUT2D eigenvalue weighted by Crippen LogP contribution is -2.39. The van der Waals surface area contributed by atoms with E-state index in [0.29, 0.717) is 36.0 Å². The number of aliphatic hydroxyl groups is 1. The van der Waals surface area contributed by atoms with Crippen LogP contribution in [0.4, 0.5) is 4.39 Å². The van der Waals surface area contributed by atoms with E-state index in [9.17, 15) is 9.50 Å². The van der Waals surface area contributed by atoms with Crippen LogP contribution in [0.2, 0.25) is 5.02 Å². The number of halogens is 2. The van der Waals surface area contributed by atoms with Crippen molar-refractivity contribution in [3.05, 3.63) is 64.9 Å². The molecule has 2 unspecified atom stereocenters. The van der Waals surface area contributed by atoms with Crippen LogP contribution in [0.3, 0.4) is 0 Å². The van der Waals surface area contributed by atoms with Crippen molar-refractivity contribution in [2.75, 3.05) is 26.3 Å². The van der Waals surface area contributed by atoms with Crippen molar-refractivity contribution in [1.82, 2.24) is 4.90 Å². The molecule has 0 aromatic heterocycles. The van der Waals surface area contributed by atoms with Gasteiger partial charge in [-0.2, -0.15) is 0 Å². The van der Waals surface area contributed by atoms with Crippen molar-refractivity contribution in [3.8, 4) is 5.75 Å². The van der Waals surface area contributed by atoms with Crippen LogP contribution in [0, 0.1) is 5.82 Å². The Kier molecular flexibility index (Phi) is 7.47. The molecule has 0 bridgehead atoms. The lowest BCUT2D eigenvalue weighted by atomic mass is 10.1. The van der Waals surface area contributed by atoms with Crippen molar-refractivity contribution in [1.29, 1.82) is 0 Å². The minimum atomic E-state index is -0.700. The number of ether oxygens (including phenoxy) is 2. The van der Waals surface area contributed by atoms with Gasteiger partial charge in [0.1, 0.15) is 24.3 Å². The molecule has 0 spiro atoms. The van der Waals surface area contributed by atoms with Crippen LogP contribution in [0.15, 0.2) is 48.5 Å². The van der Waals surface area contributed by atoms with E-state index in [1.54, 1.807) is 36.4 Å². The molecule has 2 aromatic rings. The van der Waals surface area contributed by atoms with Crippen LogP contribution in [0.5, 0.6) is 5.75 Å². The molecule has 0 saturated carbocycles. The van der Waals surface area contributed by atoms with Gasteiger partial charge in [0.25, 0.3) is 0 Å². The van der Waals surface area contributed by atoms with Crippen molar-refractivity contribution < 1.29 is 19.0 Å². The van der Waals surface area contributed by atoms with Crippen LogP contribution < -0.4 is 4.74 Å². The van der Waals surface area contributed by atoms with Crippen molar-refractivity contribution >= 4 is 11.6 Å². The molecule has 1 saturated heterocycles. The van der Waals surface area contributed by atoms with E-state index in [1.165, 1.54) is 6.07 Å². The smallest absolute Gasteiger partial charge is 0.127 e. The first kappa shape index (κ1) is 20.1. The minimum absolute atomic E-state index is 0.126. The van der Waals surface area contributed by atoms with Gasteiger partial charge in [0.2, 0.25) is 0 Å². The summed E-state index contributed by atoms with van der Waals surface area (Å²) >= 11 is 5.86. The van der Waals surface area contributed by atoms with E-state index in [4.69, 9.17) is 21.1 Å². The second-order valence-corrected chi connectivity index (χ2v) is 7.28. The number of hydrogen-bond donors (Lipinski definition) is 1. The molecule has 1 heterocycles. The summed E-state index contributed by atoms with van der Waals surface area (Å²) in [4.78, 5) is 2.03.